The Kier molecular flexibility index (Phi) is 4.26. The van der Waals surface area contributed by atoms with Crippen LogP contribution in [0.5, 0.6) is 0 Å². The fourth-order valence-corrected chi connectivity index (χ4v) is 3.04. The summed E-state index contributed by atoms with van der Waals surface area (Å²) in [5, 5.41) is 5.22. The Labute approximate surface area is 133 Å². The number of aromatic nitrogens is 1. The zero-order valence-electron chi connectivity index (χ0n) is 11.6. The van der Waals surface area contributed by atoms with Crippen LogP contribution in [0.15, 0.2) is 18.2 Å². The Balaban J connectivity index is 2.79. The largest absolute Gasteiger partial charge is 0.385 e. The predicted molar refractivity (Wildman–Crippen MR) is 92.3 cm³/mol. The lowest BCUT2D eigenvalue weighted by molar-refractivity contribution is 0.572. The van der Waals surface area contributed by atoms with Crippen LogP contribution < -0.4 is 5.32 Å². The number of fused-ring (bicyclic) bond motifs is 1. The van der Waals surface area contributed by atoms with Gasteiger partial charge in [-0.25, -0.2) is 0 Å². The van der Waals surface area contributed by atoms with Gasteiger partial charge >= 0.3 is 0 Å². The first kappa shape index (κ1) is 14.9. The molecule has 0 atom stereocenters. The highest BCUT2D eigenvalue weighted by atomic mass is 127. The minimum Gasteiger partial charge on any atom is -0.385 e. The van der Waals surface area contributed by atoms with Crippen molar-refractivity contribution in [3.05, 3.63) is 32.5 Å². The molecule has 19 heavy (non-hydrogen) atoms. The predicted octanol–water partition coefficient (Wildman–Crippen LogP) is 5.22. The first-order valence-corrected chi connectivity index (χ1v) is 7.82. The van der Waals surface area contributed by atoms with Crippen molar-refractivity contribution in [2.24, 2.45) is 0 Å². The molecule has 1 N–H and O–H groups in total. The lowest BCUT2D eigenvalue weighted by Crippen LogP contribution is -2.14. The molecule has 0 spiro atoms. The van der Waals surface area contributed by atoms with Gasteiger partial charge in [-0.2, -0.15) is 0 Å². The highest BCUT2D eigenvalue weighted by molar-refractivity contribution is 14.1. The second-order valence-electron chi connectivity index (χ2n) is 5.62. The van der Waals surface area contributed by atoms with E-state index >= 15 is 0 Å². The molecule has 0 saturated heterocycles. The number of pyridine rings is 1. The van der Waals surface area contributed by atoms with Crippen LogP contribution in [0, 0.1) is 3.57 Å². The van der Waals surface area contributed by atoms with Crippen LogP contribution in [-0.2, 0) is 5.41 Å². The van der Waals surface area contributed by atoms with E-state index in [2.05, 4.69) is 67.7 Å². The fraction of sp³-hybridized carbons (Fsp3) is 0.400. The van der Waals surface area contributed by atoms with Crippen molar-refractivity contribution in [2.75, 3.05) is 11.9 Å². The number of rotatable bonds is 2. The van der Waals surface area contributed by atoms with E-state index in [1.54, 1.807) is 0 Å². The standard InChI is InChI=1S/C15H18ClIN2/c1-5-18-12-8-13(15(2,3)4)19-14-10(12)6-9(17)7-11(14)16/h6-8H,5H2,1-4H3,(H,18,19). The summed E-state index contributed by atoms with van der Waals surface area (Å²) in [6, 6.07) is 6.22. The fourth-order valence-electron chi connectivity index (χ4n) is 1.97. The monoisotopic (exact) mass is 388 g/mol. The SMILES string of the molecule is CCNc1cc(C(C)(C)C)nc2c(Cl)cc(I)cc12. The van der Waals surface area contributed by atoms with Crippen molar-refractivity contribution in [2.45, 2.75) is 33.1 Å². The number of hydrogen-bond acceptors (Lipinski definition) is 2. The maximum atomic E-state index is 6.36. The van der Waals surface area contributed by atoms with Gasteiger partial charge in [0.2, 0.25) is 0 Å². The van der Waals surface area contributed by atoms with Gasteiger partial charge in [-0.05, 0) is 47.7 Å². The number of hydrogen-bond donors (Lipinski definition) is 1. The van der Waals surface area contributed by atoms with Gasteiger partial charge in [-0.15, -0.1) is 0 Å². The summed E-state index contributed by atoms with van der Waals surface area (Å²) in [7, 11) is 0. The van der Waals surface area contributed by atoms with Crippen LogP contribution in [0.2, 0.25) is 5.02 Å². The molecule has 2 aromatic rings. The maximum absolute atomic E-state index is 6.36. The highest BCUT2D eigenvalue weighted by Gasteiger charge is 2.19. The second kappa shape index (κ2) is 5.44. The average Bonchev–Trinajstić information content (AvgIpc) is 2.28. The summed E-state index contributed by atoms with van der Waals surface area (Å²) < 4.78 is 1.12. The molecule has 0 aliphatic heterocycles. The van der Waals surface area contributed by atoms with Crippen LogP contribution in [0.3, 0.4) is 0 Å². The molecule has 2 nitrogen and oxygen atoms in total. The lowest BCUT2D eigenvalue weighted by Gasteiger charge is -2.21. The average molecular weight is 389 g/mol. The van der Waals surface area contributed by atoms with E-state index in [4.69, 9.17) is 16.6 Å². The lowest BCUT2D eigenvalue weighted by atomic mass is 9.90. The van der Waals surface area contributed by atoms with E-state index in [0.717, 1.165) is 32.4 Å². The Morgan fingerprint density at radius 3 is 2.53 bits per heavy atom. The van der Waals surface area contributed by atoms with E-state index in [0.29, 0.717) is 5.02 Å². The van der Waals surface area contributed by atoms with E-state index < -0.39 is 0 Å². The smallest absolute Gasteiger partial charge is 0.0913 e. The van der Waals surface area contributed by atoms with Gasteiger partial charge in [0.1, 0.15) is 0 Å². The Bertz CT molecular complexity index is 618. The molecular formula is C15H18ClIN2. The van der Waals surface area contributed by atoms with Crippen molar-refractivity contribution < 1.29 is 0 Å². The third-order valence-electron chi connectivity index (χ3n) is 2.97. The molecule has 0 radical (unpaired) electrons. The Morgan fingerprint density at radius 2 is 1.95 bits per heavy atom. The quantitative estimate of drug-likeness (QED) is 0.713. The summed E-state index contributed by atoms with van der Waals surface area (Å²) in [5.41, 5.74) is 3.05. The van der Waals surface area contributed by atoms with Gasteiger partial charge in [0.25, 0.3) is 0 Å². The van der Waals surface area contributed by atoms with E-state index in [9.17, 15) is 0 Å². The third kappa shape index (κ3) is 3.14. The zero-order chi connectivity index (χ0) is 14.2. The van der Waals surface area contributed by atoms with Crippen molar-refractivity contribution in [3.63, 3.8) is 0 Å². The topological polar surface area (TPSA) is 24.9 Å². The first-order valence-electron chi connectivity index (χ1n) is 6.37. The van der Waals surface area contributed by atoms with E-state index in [1.807, 2.05) is 6.07 Å². The van der Waals surface area contributed by atoms with Crippen LogP contribution in [-0.4, -0.2) is 11.5 Å². The molecule has 1 aromatic heterocycles. The third-order valence-corrected chi connectivity index (χ3v) is 3.88. The molecule has 0 aliphatic carbocycles. The molecule has 0 amide bonds. The molecule has 1 heterocycles. The summed E-state index contributed by atoms with van der Waals surface area (Å²) >= 11 is 8.64. The minimum atomic E-state index is 0.00465. The normalized spacial score (nSPS) is 11.9. The van der Waals surface area contributed by atoms with Gasteiger partial charge in [0.05, 0.1) is 10.5 Å². The number of halogens is 2. The van der Waals surface area contributed by atoms with Gasteiger partial charge in [0, 0.05) is 32.3 Å². The molecule has 0 unspecified atom stereocenters. The molecule has 0 saturated carbocycles. The number of benzene rings is 1. The number of anilines is 1. The zero-order valence-corrected chi connectivity index (χ0v) is 14.6. The summed E-state index contributed by atoms with van der Waals surface area (Å²) in [6.45, 7) is 9.47. The number of nitrogens with zero attached hydrogens (tertiary/aromatic N) is 1. The van der Waals surface area contributed by atoms with Gasteiger partial charge in [0.15, 0.2) is 0 Å². The molecule has 4 heteroatoms. The Morgan fingerprint density at radius 1 is 1.26 bits per heavy atom. The van der Waals surface area contributed by atoms with Crippen molar-refractivity contribution >= 4 is 50.8 Å². The molecular weight excluding hydrogens is 371 g/mol. The molecule has 2 rings (SSSR count). The van der Waals surface area contributed by atoms with Crippen molar-refractivity contribution in [1.29, 1.82) is 0 Å². The van der Waals surface area contributed by atoms with Crippen LogP contribution >= 0.6 is 34.2 Å². The molecule has 0 fully saturated rings. The maximum Gasteiger partial charge on any atom is 0.0913 e. The van der Waals surface area contributed by atoms with Gasteiger partial charge in [-0.3, -0.25) is 4.98 Å². The molecule has 0 bridgehead atoms. The van der Waals surface area contributed by atoms with Crippen molar-refractivity contribution in [1.82, 2.24) is 4.98 Å². The summed E-state index contributed by atoms with van der Waals surface area (Å²) in [6.07, 6.45) is 0. The highest BCUT2D eigenvalue weighted by Crippen LogP contribution is 2.33. The number of nitrogens with one attached hydrogen (secondary N) is 1. The van der Waals surface area contributed by atoms with Crippen LogP contribution in [0.25, 0.3) is 10.9 Å². The van der Waals surface area contributed by atoms with Gasteiger partial charge in [-0.1, -0.05) is 32.4 Å². The summed E-state index contributed by atoms with van der Waals surface area (Å²) in [4.78, 5) is 4.75. The van der Waals surface area contributed by atoms with E-state index in [-0.39, 0.29) is 5.41 Å². The van der Waals surface area contributed by atoms with E-state index in [1.165, 1.54) is 0 Å². The Hall–Kier alpha value is -0.550. The van der Waals surface area contributed by atoms with Crippen molar-refractivity contribution in [3.8, 4) is 0 Å². The molecule has 1 aromatic carbocycles. The first-order chi connectivity index (χ1) is 8.82. The minimum absolute atomic E-state index is 0.00465. The second-order valence-corrected chi connectivity index (χ2v) is 7.27. The molecule has 0 aliphatic rings. The van der Waals surface area contributed by atoms with Crippen LogP contribution in [0.4, 0.5) is 5.69 Å². The van der Waals surface area contributed by atoms with Gasteiger partial charge < -0.3 is 5.32 Å². The van der Waals surface area contributed by atoms with Crippen LogP contribution in [0.1, 0.15) is 33.4 Å². The summed E-state index contributed by atoms with van der Waals surface area (Å²) in [5.74, 6) is 0. The molecule has 102 valence electrons.